The lowest BCUT2D eigenvalue weighted by Crippen LogP contribution is -2.05. The van der Waals surface area contributed by atoms with Gasteiger partial charge in [0.1, 0.15) is 23.1 Å². The Kier molecular flexibility index (Phi) is 8.91. The van der Waals surface area contributed by atoms with E-state index >= 15 is 0 Å². The number of benzene rings is 3. The number of aryl methyl sites for hydroxylation is 2. The fourth-order valence-electron chi connectivity index (χ4n) is 4.04. The highest BCUT2D eigenvalue weighted by Gasteiger charge is 2.13. The number of hydrogen-bond donors (Lipinski definition) is 2. The number of hydrogen-bond acceptors (Lipinski definition) is 4. The normalized spacial score (nSPS) is 10.8. The van der Waals surface area contributed by atoms with E-state index in [1.165, 1.54) is 12.1 Å². The molecule has 0 bridgehead atoms. The van der Waals surface area contributed by atoms with E-state index in [0.717, 1.165) is 53.7 Å². The minimum Gasteiger partial charge on any atom is -0.507 e. The highest BCUT2D eigenvalue weighted by Crippen LogP contribution is 2.36. The van der Waals surface area contributed by atoms with E-state index in [1.54, 1.807) is 25.3 Å². The van der Waals surface area contributed by atoms with Gasteiger partial charge in [-0.1, -0.05) is 31.2 Å². The molecule has 0 aromatic heterocycles. The number of aromatic hydroxyl groups is 1. The van der Waals surface area contributed by atoms with Gasteiger partial charge >= 0.3 is 5.97 Å². The molecule has 0 saturated carbocycles. The molecule has 6 heteroatoms. The Morgan fingerprint density at radius 3 is 2.41 bits per heavy atom. The fraction of sp³-hybridized carbons (Fsp3) is 0.321. The van der Waals surface area contributed by atoms with Crippen molar-refractivity contribution in [2.45, 2.75) is 45.4 Å². The molecule has 2 N–H and O–H groups in total. The van der Waals surface area contributed by atoms with Crippen LogP contribution in [0.25, 0.3) is 11.1 Å². The van der Waals surface area contributed by atoms with Gasteiger partial charge in [-0.05, 0) is 78.6 Å². The summed E-state index contributed by atoms with van der Waals surface area (Å²) in [5.41, 5.74) is 4.41. The third-order valence-corrected chi connectivity index (χ3v) is 5.85. The Labute approximate surface area is 199 Å². The summed E-state index contributed by atoms with van der Waals surface area (Å²) in [7, 11) is 1.60. The number of phenols is 1. The molecule has 3 aromatic rings. The van der Waals surface area contributed by atoms with Crippen LogP contribution in [0.5, 0.6) is 17.2 Å². The summed E-state index contributed by atoms with van der Waals surface area (Å²) in [6, 6.07) is 15.4. The Balaban J connectivity index is 1.60. The summed E-state index contributed by atoms with van der Waals surface area (Å²) in [4.78, 5) is 11.0. The highest BCUT2D eigenvalue weighted by atomic mass is 19.1. The molecule has 0 unspecified atom stereocenters. The number of methoxy groups -OCH3 is 1. The molecule has 0 amide bonds. The minimum atomic E-state index is -0.828. The molecule has 5 nitrogen and oxygen atoms in total. The molecule has 3 aromatic carbocycles. The monoisotopic (exact) mass is 466 g/mol. The van der Waals surface area contributed by atoms with Gasteiger partial charge in [0.05, 0.1) is 13.7 Å². The van der Waals surface area contributed by atoms with Crippen molar-refractivity contribution in [1.29, 1.82) is 0 Å². The Morgan fingerprint density at radius 2 is 1.74 bits per heavy atom. The summed E-state index contributed by atoms with van der Waals surface area (Å²) in [6.07, 6.45) is 3.71. The van der Waals surface area contributed by atoms with Crippen LogP contribution in [0.4, 0.5) is 4.39 Å². The van der Waals surface area contributed by atoms with E-state index in [-0.39, 0.29) is 18.0 Å². The quantitative estimate of drug-likeness (QED) is 0.311. The minimum absolute atomic E-state index is 0.0632. The molecule has 34 heavy (non-hydrogen) atoms. The van der Waals surface area contributed by atoms with Crippen molar-refractivity contribution in [2.24, 2.45) is 0 Å². The van der Waals surface area contributed by atoms with Crippen molar-refractivity contribution >= 4 is 5.97 Å². The number of aliphatic carboxylic acids is 1. The summed E-state index contributed by atoms with van der Waals surface area (Å²) in [5.74, 6) is 0.319. The molecule has 0 radical (unpaired) electrons. The molecular weight excluding hydrogens is 435 g/mol. The standard InChI is InChI=1S/C28H31FO5/c1-3-19-17-24(21-10-12-22(29)13-11-21)25(30)18-27(19)34-16-5-4-7-20-8-6-9-26(33-2)23(20)14-15-28(31)32/h6,8-13,17-18,30H,3-5,7,14-16H2,1-2H3,(H,31,32). The molecular formula is C28H31FO5. The molecule has 0 aliphatic rings. The van der Waals surface area contributed by atoms with Crippen molar-refractivity contribution in [2.75, 3.05) is 13.7 Å². The molecule has 180 valence electrons. The fourth-order valence-corrected chi connectivity index (χ4v) is 4.04. The smallest absolute Gasteiger partial charge is 0.303 e. The lowest BCUT2D eigenvalue weighted by molar-refractivity contribution is -0.136. The van der Waals surface area contributed by atoms with Crippen LogP contribution in [0.1, 0.15) is 42.9 Å². The van der Waals surface area contributed by atoms with Crippen molar-refractivity contribution in [1.82, 2.24) is 0 Å². The molecule has 0 saturated heterocycles. The maximum atomic E-state index is 13.2. The van der Waals surface area contributed by atoms with Gasteiger partial charge in [0.2, 0.25) is 0 Å². The molecule has 0 fully saturated rings. The van der Waals surface area contributed by atoms with Crippen LogP contribution in [-0.2, 0) is 24.1 Å². The third-order valence-electron chi connectivity index (χ3n) is 5.85. The SMILES string of the molecule is CCc1cc(-c2ccc(F)cc2)c(O)cc1OCCCCc1cccc(OC)c1CCC(=O)O. The van der Waals surface area contributed by atoms with Crippen LogP contribution in [0.2, 0.25) is 0 Å². The second-order valence-corrected chi connectivity index (χ2v) is 8.13. The zero-order valence-corrected chi connectivity index (χ0v) is 19.6. The molecule has 0 aliphatic heterocycles. The summed E-state index contributed by atoms with van der Waals surface area (Å²) in [6.45, 7) is 2.52. The molecule has 0 aliphatic carbocycles. The maximum absolute atomic E-state index is 13.2. The van der Waals surface area contributed by atoms with Crippen molar-refractivity contribution < 1.29 is 28.9 Å². The van der Waals surface area contributed by atoms with Gasteiger partial charge < -0.3 is 19.7 Å². The van der Waals surface area contributed by atoms with Crippen molar-refractivity contribution in [3.63, 3.8) is 0 Å². The second kappa shape index (κ2) is 12.1. The van der Waals surface area contributed by atoms with Gasteiger partial charge in [0.25, 0.3) is 0 Å². The largest absolute Gasteiger partial charge is 0.507 e. The summed E-state index contributed by atoms with van der Waals surface area (Å²) >= 11 is 0. The summed E-state index contributed by atoms with van der Waals surface area (Å²) in [5, 5.41) is 19.6. The van der Waals surface area contributed by atoms with Crippen LogP contribution in [0, 0.1) is 5.82 Å². The molecule has 3 rings (SSSR count). The molecule has 0 atom stereocenters. The van der Waals surface area contributed by atoms with E-state index in [2.05, 4.69) is 0 Å². The predicted octanol–water partition coefficient (Wildman–Crippen LogP) is 6.19. The van der Waals surface area contributed by atoms with E-state index in [9.17, 15) is 14.3 Å². The van der Waals surface area contributed by atoms with Gasteiger partial charge in [0.15, 0.2) is 0 Å². The Morgan fingerprint density at radius 1 is 0.971 bits per heavy atom. The van der Waals surface area contributed by atoms with Crippen molar-refractivity contribution in [3.05, 3.63) is 77.1 Å². The second-order valence-electron chi connectivity index (χ2n) is 8.13. The van der Waals surface area contributed by atoms with Crippen LogP contribution in [0.3, 0.4) is 0 Å². The van der Waals surface area contributed by atoms with Crippen LogP contribution < -0.4 is 9.47 Å². The van der Waals surface area contributed by atoms with Crippen LogP contribution in [0.15, 0.2) is 54.6 Å². The first-order chi connectivity index (χ1) is 16.4. The number of carboxylic acid groups (broad SMARTS) is 1. The number of halogens is 1. The Hall–Kier alpha value is -3.54. The number of phenolic OH excluding ortho intramolecular Hbond substituents is 1. The molecule has 0 spiro atoms. The van der Waals surface area contributed by atoms with Crippen molar-refractivity contribution in [3.8, 4) is 28.4 Å². The number of unbranched alkanes of at least 4 members (excludes halogenated alkanes) is 1. The number of carboxylic acids is 1. The van der Waals surface area contributed by atoms with Crippen LogP contribution in [-0.4, -0.2) is 29.9 Å². The van der Waals surface area contributed by atoms with E-state index in [4.69, 9.17) is 14.6 Å². The van der Waals surface area contributed by atoms with E-state index < -0.39 is 5.97 Å². The Bertz CT molecular complexity index is 1110. The van der Waals surface area contributed by atoms with Gasteiger partial charge in [0, 0.05) is 18.1 Å². The lowest BCUT2D eigenvalue weighted by Gasteiger charge is -2.15. The van der Waals surface area contributed by atoms with Gasteiger partial charge in [-0.3, -0.25) is 4.79 Å². The van der Waals surface area contributed by atoms with Gasteiger partial charge in [-0.15, -0.1) is 0 Å². The average Bonchev–Trinajstić information content (AvgIpc) is 2.83. The topological polar surface area (TPSA) is 76.0 Å². The molecule has 0 heterocycles. The third kappa shape index (κ3) is 6.50. The first-order valence-electron chi connectivity index (χ1n) is 11.5. The highest BCUT2D eigenvalue weighted by molar-refractivity contribution is 5.72. The van der Waals surface area contributed by atoms with E-state index in [0.29, 0.717) is 24.3 Å². The zero-order valence-electron chi connectivity index (χ0n) is 19.6. The van der Waals surface area contributed by atoms with Gasteiger partial charge in [-0.25, -0.2) is 4.39 Å². The van der Waals surface area contributed by atoms with Gasteiger partial charge in [-0.2, -0.15) is 0 Å². The van der Waals surface area contributed by atoms with E-state index in [1.807, 2.05) is 31.2 Å². The van der Waals surface area contributed by atoms with Crippen LogP contribution >= 0.6 is 0 Å². The first kappa shape index (κ1) is 25.1. The lowest BCUT2D eigenvalue weighted by atomic mass is 9.97. The zero-order chi connectivity index (χ0) is 24.5. The number of carbonyl (C=O) groups is 1. The average molecular weight is 467 g/mol. The number of ether oxygens (including phenoxy) is 2. The first-order valence-corrected chi connectivity index (χ1v) is 11.5. The predicted molar refractivity (Wildman–Crippen MR) is 130 cm³/mol. The summed E-state index contributed by atoms with van der Waals surface area (Å²) < 4.78 is 24.7. The maximum Gasteiger partial charge on any atom is 0.303 e. The number of rotatable bonds is 12.